The molecule has 15 heavy (non-hydrogen) atoms. The summed E-state index contributed by atoms with van der Waals surface area (Å²) >= 11 is 2.66. The Bertz CT molecular complexity index is 425. The average Bonchev–Trinajstić information content (AvgIpc) is 2.05. The van der Waals surface area contributed by atoms with E-state index in [0.717, 1.165) is 0 Å². The summed E-state index contributed by atoms with van der Waals surface area (Å²) in [6.07, 6.45) is 4.26. The lowest BCUT2D eigenvalue weighted by Crippen LogP contribution is -2.66. The monoisotopic (exact) mass is 312 g/mol. The van der Waals surface area contributed by atoms with Gasteiger partial charge in [0.1, 0.15) is 0 Å². The van der Waals surface area contributed by atoms with E-state index in [-0.39, 0.29) is 0 Å². The van der Waals surface area contributed by atoms with Crippen molar-refractivity contribution in [2.75, 3.05) is 0 Å². The second-order valence-corrected chi connectivity index (χ2v) is 8.00. The van der Waals surface area contributed by atoms with Crippen molar-refractivity contribution in [3.05, 3.63) is 34.4 Å². The van der Waals surface area contributed by atoms with Crippen LogP contribution in [0.15, 0.2) is 12.1 Å². The average molecular weight is 312 g/mol. The summed E-state index contributed by atoms with van der Waals surface area (Å²) in [7, 11) is 0. The Morgan fingerprint density at radius 1 is 0.933 bits per heavy atom. The predicted octanol–water partition coefficient (Wildman–Crippen LogP) is 4.22. The maximum absolute atomic E-state index is 2.66. The molecule has 0 radical (unpaired) electrons. The predicted molar refractivity (Wildman–Crippen MR) is 72.9 cm³/mol. The molecule has 4 rings (SSSR count). The number of hydrogen-bond acceptors (Lipinski definition) is 0. The van der Waals surface area contributed by atoms with Crippen molar-refractivity contribution in [2.24, 2.45) is 0 Å². The van der Waals surface area contributed by atoms with Gasteiger partial charge in [0, 0.05) is 3.42 Å². The number of halogens is 1. The fourth-order valence-electron chi connectivity index (χ4n) is 3.48. The van der Waals surface area contributed by atoms with Crippen LogP contribution in [0.2, 0.25) is 0 Å². The van der Waals surface area contributed by atoms with E-state index in [1.165, 1.54) is 36.0 Å². The van der Waals surface area contributed by atoms with E-state index in [1.807, 2.05) is 0 Å². The van der Waals surface area contributed by atoms with Crippen LogP contribution in [0.5, 0.6) is 0 Å². The zero-order chi connectivity index (χ0) is 10.8. The van der Waals surface area contributed by atoms with Crippen LogP contribution in [-0.4, -0.2) is 3.42 Å². The van der Waals surface area contributed by atoms with Crippen LogP contribution in [0.1, 0.15) is 41.5 Å². The minimum Gasteiger partial charge on any atom is -0.0788 e. The number of hydrogen-bond donors (Lipinski definition) is 0. The van der Waals surface area contributed by atoms with Gasteiger partial charge in [-0.25, -0.2) is 0 Å². The van der Waals surface area contributed by atoms with Crippen molar-refractivity contribution >= 4 is 22.6 Å². The van der Waals surface area contributed by atoms with E-state index in [2.05, 4.69) is 55.5 Å². The number of aryl methyl sites for hydroxylation is 3. The minimum absolute atomic E-state index is 0.587. The van der Waals surface area contributed by atoms with Gasteiger partial charge in [-0.15, -0.1) is 0 Å². The van der Waals surface area contributed by atoms with Gasteiger partial charge in [-0.3, -0.25) is 0 Å². The molecule has 3 aliphatic rings. The second-order valence-electron chi connectivity index (χ2n) is 5.71. The van der Waals surface area contributed by atoms with Crippen LogP contribution in [0.3, 0.4) is 0 Å². The molecule has 0 atom stereocenters. The van der Waals surface area contributed by atoms with Gasteiger partial charge in [-0.05, 0) is 67.7 Å². The van der Waals surface area contributed by atoms with Crippen molar-refractivity contribution in [1.82, 2.24) is 0 Å². The summed E-state index contributed by atoms with van der Waals surface area (Å²) in [5, 5.41) is 0. The quantitative estimate of drug-likeness (QED) is 0.538. The summed E-state index contributed by atoms with van der Waals surface area (Å²) in [5.74, 6) is 0. The van der Waals surface area contributed by atoms with Crippen molar-refractivity contribution in [3.63, 3.8) is 0 Å². The highest BCUT2D eigenvalue weighted by molar-refractivity contribution is 14.1. The largest absolute Gasteiger partial charge is 0.0788 e. The van der Waals surface area contributed by atoms with Gasteiger partial charge in [0.15, 0.2) is 0 Å². The van der Waals surface area contributed by atoms with Gasteiger partial charge in [0.2, 0.25) is 0 Å². The van der Waals surface area contributed by atoms with Gasteiger partial charge >= 0.3 is 0 Å². The summed E-state index contributed by atoms with van der Waals surface area (Å²) in [6.45, 7) is 6.74. The maximum atomic E-state index is 2.66. The number of alkyl halides is 1. The van der Waals surface area contributed by atoms with E-state index < -0.39 is 0 Å². The van der Waals surface area contributed by atoms with Crippen molar-refractivity contribution in [1.29, 1.82) is 0 Å². The first-order valence-corrected chi connectivity index (χ1v) is 6.79. The van der Waals surface area contributed by atoms with Gasteiger partial charge in [-0.2, -0.15) is 0 Å². The molecule has 0 heterocycles. The maximum Gasteiger partial charge on any atom is 0.0247 e. The first-order chi connectivity index (χ1) is 6.94. The normalized spacial score (nSPS) is 37.1. The van der Waals surface area contributed by atoms with Crippen LogP contribution in [0, 0.1) is 20.8 Å². The molecule has 80 valence electrons. The third-order valence-corrected chi connectivity index (χ3v) is 5.52. The Hall–Kier alpha value is -0.0500. The van der Waals surface area contributed by atoms with E-state index in [9.17, 15) is 0 Å². The van der Waals surface area contributed by atoms with Crippen LogP contribution in [0.25, 0.3) is 0 Å². The lowest BCUT2D eigenvalue weighted by molar-refractivity contribution is 0.0214. The molecule has 0 aromatic heterocycles. The molecule has 1 aromatic rings. The van der Waals surface area contributed by atoms with Crippen LogP contribution in [-0.2, 0) is 5.41 Å². The molecule has 1 heteroatoms. The van der Waals surface area contributed by atoms with E-state index in [4.69, 9.17) is 0 Å². The Morgan fingerprint density at radius 3 is 2.00 bits per heavy atom. The molecule has 3 fully saturated rings. The Labute approximate surface area is 106 Å². The van der Waals surface area contributed by atoms with Crippen molar-refractivity contribution < 1.29 is 0 Å². The number of rotatable bonds is 1. The van der Waals surface area contributed by atoms with Crippen LogP contribution < -0.4 is 0 Å². The van der Waals surface area contributed by atoms with Gasteiger partial charge in [-0.1, -0.05) is 34.7 Å². The molecular formula is C14H17I. The molecule has 1 aromatic carbocycles. The lowest BCUT2D eigenvalue weighted by Gasteiger charge is -2.69. The number of benzene rings is 1. The fourth-order valence-corrected chi connectivity index (χ4v) is 5.67. The molecule has 3 saturated carbocycles. The molecule has 2 bridgehead atoms. The van der Waals surface area contributed by atoms with Crippen LogP contribution in [0.4, 0.5) is 0 Å². The van der Waals surface area contributed by atoms with Crippen molar-refractivity contribution in [2.45, 2.75) is 48.9 Å². The smallest absolute Gasteiger partial charge is 0.0247 e. The summed E-state index contributed by atoms with van der Waals surface area (Å²) in [6, 6.07) is 4.81. The molecule has 0 aliphatic heterocycles. The first-order valence-electron chi connectivity index (χ1n) is 5.72. The molecular weight excluding hydrogens is 295 g/mol. The first kappa shape index (κ1) is 10.1. The van der Waals surface area contributed by atoms with Crippen molar-refractivity contribution in [3.8, 4) is 0 Å². The SMILES string of the molecule is Cc1cc(C)c(C23CC(I)(C2)C3)cc1C. The van der Waals surface area contributed by atoms with Gasteiger partial charge in [0.05, 0.1) is 0 Å². The highest BCUT2D eigenvalue weighted by Crippen LogP contribution is 2.72. The second kappa shape index (κ2) is 2.79. The molecule has 3 aliphatic carbocycles. The molecule has 0 unspecified atom stereocenters. The zero-order valence-corrected chi connectivity index (χ0v) is 11.8. The topological polar surface area (TPSA) is 0 Å². The van der Waals surface area contributed by atoms with Gasteiger partial charge < -0.3 is 0 Å². The zero-order valence-electron chi connectivity index (χ0n) is 9.65. The summed E-state index contributed by atoms with van der Waals surface area (Å²) < 4.78 is 0.684. The molecule has 0 spiro atoms. The minimum atomic E-state index is 0.587. The third kappa shape index (κ3) is 1.25. The summed E-state index contributed by atoms with van der Waals surface area (Å²) in [4.78, 5) is 0. The van der Waals surface area contributed by atoms with E-state index in [1.54, 1.807) is 5.56 Å². The Balaban J connectivity index is 2.03. The summed E-state index contributed by atoms with van der Waals surface area (Å²) in [5.41, 5.74) is 6.64. The standard InChI is InChI=1S/C14H17I/c1-9-4-11(3)12(5-10(9)2)13-6-14(15,7-13)8-13/h4-5H,6-8H2,1-3H3. The molecule has 0 N–H and O–H groups in total. The van der Waals surface area contributed by atoms with Crippen LogP contribution >= 0.6 is 22.6 Å². The highest BCUT2D eigenvalue weighted by atomic mass is 127. The molecule has 0 amide bonds. The fraction of sp³-hybridized carbons (Fsp3) is 0.571. The van der Waals surface area contributed by atoms with Gasteiger partial charge in [0.25, 0.3) is 0 Å². The van der Waals surface area contributed by atoms with E-state index in [0.29, 0.717) is 8.84 Å². The highest BCUT2D eigenvalue weighted by Gasteiger charge is 2.67. The molecule has 0 saturated heterocycles. The Kier molecular flexibility index (Phi) is 1.88. The molecule has 0 nitrogen and oxygen atoms in total. The van der Waals surface area contributed by atoms with E-state index >= 15 is 0 Å². The lowest BCUT2D eigenvalue weighted by atomic mass is 9.41. The third-order valence-electron chi connectivity index (χ3n) is 4.38. The Morgan fingerprint density at radius 2 is 1.47 bits per heavy atom.